The molecule has 1 rings (SSSR count). The molecular weight excluding hydrogens is 184 g/mol. The van der Waals surface area contributed by atoms with Gasteiger partial charge in [0.2, 0.25) is 5.89 Å². The highest BCUT2D eigenvalue weighted by atomic mass is 16.5. The largest absolute Gasteiger partial charge is 0.406 e. The van der Waals surface area contributed by atoms with Gasteiger partial charge in [0, 0.05) is 13.7 Å². The van der Waals surface area contributed by atoms with Crippen LogP contribution in [-0.4, -0.2) is 37.5 Å². The monoisotopic (exact) mass is 200 g/mol. The Balaban J connectivity index is 2.42. The van der Waals surface area contributed by atoms with E-state index >= 15 is 0 Å². The van der Waals surface area contributed by atoms with E-state index in [1.54, 1.807) is 7.11 Å². The Bertz CT molecular complexity index is 264. The van der Waals surface area contributed by atoms with Crippen LogP contribution >= 0.6 is 0 Å². The maximum absolute atomic E-state index is 5.33. The van der Waals surface area contributed by atoms with Crippen molar-refractivity contribution in [1.82, 2.24) is 15.5 Å². The van der Waals surface area contributed by atoms with Crippen molar-refractivity contribution in [2.24, 2.45) is 0 Å². The fourth-order valence-electron chi connectivity index (χ4n) is 0.864. The minimum atomic E-state index is 0.0699. The number of nitrogens with zero attached hydrogens (tertiary/aromatic N) is 2. The molecule has 1 aromatic heterocycles. The summed E-state index contributed by atoms with van der Waals surface area (Å²) in [5.41, 5.74) is 0. The van der Waals surface area contributed by atoms with E-state index in [0.717, 1.165) is 0 Å². The lowest BCUT2D eigenvalue weighted by Crippen LogP contribution is -2.12. The quantitative estimate of drug-likeness (QED) is 0.648. The highest BCUT2D eigenvalue weighted by Gasteiger charge is 2.10. The molecule has 0 spiro atoms. The lowest BCUT2D eigenvalue weighted by Gasteiger charge is -2.02. The lowest BCUT2D eigenvalue weighted by atomic mass is 10.3. The Kier molecular flexibility index (Phi) is 4.34. The molecule has 2 N–H and O–H groups in total. The van der Waals surface area contributed by atoms with E-state index in [1.165, 1.54) is 0 Å². The van der Waals surface area contributed by atoms with Crippen molar-refractivity contribution in [3.63, 3.8) is 0 Å². The third-order valence-corrected chi connectivity index (χ3v) is 1.83. The summed E-state index contributed by atoms with van der Waals surface area (Å²) in [6.45, 7) is 3.22. The topological polar surface area (TPSA) is 72.2 Å². The van der Waals surface area contributed by atoms with Gasteiger partial charge in [0.25, 0.3) is 0 Å². The molecule has 0 aromatic carbocycles. The second-order valence-corrected chi connectivity index (χ2v) is 2.88. The van der Waals surface area contributed by atoms with Gasteiger partial charge >= 0.3 is 6.01 Å². The Morgan fingerprint density at radius 2 is 2.29 bits per heavy atom. The van der Waals surface area contributed by atoms with E-state index in [0.29, 0.717) is 25.1 Å². The first-order valence-electron chi connectivity index (χ1n) is 4.51. The second kappa shape index (κ2) is 5.56. The van der Waals surface area contributed by atoms with Crippen molar-refractivity contribution in [3.8, 4) is 0 Å². The molecule has 0 fully saturated rings. The molecule has 1 aromatic rings. The summed E-state index contributed by atoms with van der Waals surface area (Å²) in [6.07, 6.45) is 0. The van der Waals surface area contributed by atoms with Crippen LogP contribution in [-0.2, 0) is 4.74 Å². The molecule has 0 aliphatic carbocycles. The standard InChI is InChI=1S/C8H16N4O2/c1-6(9-2)7-11-12-8(14-7)10-4-5-13-3/h6,9H,4-5H2,1-3H3,(H,10,12). The summed E-state index contributed by atoms with van der Waals surface area (Å²) < 4.78 is 10.2. The molecule has 0 aliphatic rings. The lowest BCUT2D eigenvalue weighted by molar-refractivity contribution is 0.210. The fraction of sp³-hybridized carbons (Fsp3) is 0.750. The average Bonchev–Trinajstić information content (AvgIpc) is 2.66. The van der Waals surface area contributed by atoms with Crippen LogP contribution in [0.3, 0.4) is 0 Å². The molecule has 0 amide bonds. The first-order chi connectivity index (χ1) is 6.77. The van der Waals surface area contributed by atoms with Crippen LogP contribution in [0.5, 0.6) is 0 Å². The van der Waals surface area contributed by atoms with Gasteiger partial charge in [-0.3, -0.25) is 0 Å². The zero-order chi connectivity index (χ0) is 10.4. The van der Waals surface area contributed by atoms with Gasteiger partial charge in [-0.1, -0.05) is 5.10 Å². The van der Waals surface area contributed by atoms with E-state index in [4.69, 9.17) is 9.15 Å². The van der Waals surface area contributed by atoms with Crippen LogP contribution in [0.2, 0.25) is 0 Å². The van der Waals surface area contributed by atoms with E-state index in [2.05, 4.69) is 20.8 Å². The first kappa shape index (κ1) is 10.9. The zero-order valence-corrected chi connectivity index (χ0v) is 8.70. The molecule has 80 valence electrons. The molecule has 0 aliphatic heterocycles. The third kappa shape index (κ3) is 2.97. The number of hydrogen-bond donors (Lipinski definition) is 2. The number of anilines is 1. The highest BCUT2D eigenvalue weighted by Crippen LogP contribution is 2.12. The molecule has 6 heteroatoms. The van der Waals surface area contributed by atoms with Crippen molar-refractivity contribution in [3.05, 3.63) is 5.89 Å². The molecule has 1 atom stereocenters. The molecule has 0 radical (unpaired) electrons. The number of aromatic nitrogens is 2. The molecule has 0 bridgehead atoms. The molecule has 1 heterocycles. The smallest absolute Gasteiger partial charge is 0.315 e. The fourth-order valence-corrected chi connectivity index (χ4v) is 0.864. The minimum absolute atomic E-state index is 0.0699. The molecule has 1 unspecified atom stereocenters. The highest BCUT2D eigenvalue weighted by molar-refractivity contribution is 5.16. The van der Waals surface area contributed by atoms with Gasteiger partial charge in [-0.15, -0.1) is 5.10 Å². The summed E-state index contributed by atoms with van der Waals surface area (Å²) in [5.74, 6) is 0.576. The van der Waals surface area contributed by atoms with Gasteiger partial charge in [0.15, 0.2) is 0 Å². The van der Waals surface area contributed by atoms with Crippen LogP contribution < -0.4 is 10.6 Å². The van der Waals surface area contributed by atoms with Crippen LogP contribution in [0.25, 0.3) is 0 Å². The van der Waals surface area contributed by atoms with Crippen molar-refractivity contribution >= 4 is 6.01 Å². The SMILES string of the molecule is CNC(C)c1nnc(NCCOC)o1. The van der Waals surface area contributed by atoms with Crippen LogP contribution in [0.15, 0.2) is 4.42 Å². The summed E-state index contributed by atoms with van der Waals surface area (Å²) in [4.78, 5) is 0. The van der Waals surface area contributed by atoms with Gasteiger partial charge in [-0.2, -0.15) is 0 Å². The average molecular weight is 200 g/mol. The van der Waals surface area contributed by atoms with E-state index < -0.39 is 0 Å². The summed E-state index contributed by atoms with van der Waals surface area (Å²) in [6, 6.07) is 0.500. The van der Waals surface area contributed by atoms with E-state index in [1.807, 2.05) is 14.0 Å². The summed E-state index contributed by atoms with van der Waals surface area (Å²) >= 11 is 0. The minimum Gasteiger partial charge on any atom is -0.406 e. The summed E-state index contributed by atoms with van der Waals surface area (Å²) in [5, 5.41) is 13.7. The predicted octanol–water partition coefficient (Wildman–Crippen LogP) is 0.408. The predicted molar refractivity (Wildman–Crippen MR) is 52.1 cm³/mol. The van der Waals surface area contributed by atoms with Crippen molar-refractivity contribution < 1.29 is 9.15 Å². The van der Waals surface area contributed by atoms with Crippen LogP contribution in [0.4, 0.5) is 6.01 Å². The molecule has 0 saturated heterocycles. The van der Waals surface area contributed by atoms with Crippen LogP contribution in [0.1, 0.15) is 18.9 Å². The molecule has 14 heavy (non-hydrogen) atoms. The Hall–Kier alpha value is -1.14. The van der Waals surface area contributed by atoms with Crippen molar-refractivity contribution in [2.45, 2.75) is 13.0 Å². The molecule has 6 nitrogen and oxygen atoms in total. The van der Waals surface area contributed by atoms with E-state index in [-0.39, 0.29) is 6.04 Å². The van der Waals surface area contributed by atoms with Gasteiger partial charge < -0.3 is 19.8 Å². The Morgan fingerprint density at radius 3 is 2.93 bits per heavy atom. The number of hydrogen-bond acceptors (Lipinski definition) is 6. The maximum Gasteiger partial charge on any atom is 0.315 e. The van der Waals surface area contributed by atoms with E-state index in [9.17, 15) is 0 Å². The van der Waals surface area contributed by atoms with Gasteiger partial charge in [-0.25, -0.2) is 0 Å². The molecule has 0 saturated carbocycles. The van der Waals surface area contributed by atoms with Gasteiger partial charge in [0.1, 0.15) is 0 Å². The first-order valence-corrected chi connectivity index (χ1v) is 4.51. The van der Waals surface area contributed by atoms with Crippen molar-refractivity contribution in [2.75, 3.05) is 32.6 Å². The number of ether oxygens (including phenoxy) is 1. The Morgan fingerprint density at radius 1 is 1.50 bits per heavy atom. The van der Waals surface area contributed by atoms with Crippen LogP contribution in [0, 0.1) is 0 Å². The number of methoxy groups -OCH3 is 1. The Labute approximate surface area is 83.0 Å². The third-order valence-electron chi connectivity index (χ3n) is 1.83. The maximum atomic E-state index is 5.33. The zero-order valence-electron chi connectivity index (χ0n) is 8.70. The van der Waals surface area contributed by atoms with Crippen molar-refractivity contribution in [1.29, 1.82) is 0 Å². The van der Waals surface area contributed by atoms with Gasteiger partial charge in [0.05, 0.1) is 12.6 Å². The number of rotatable bonds is 6. The normalized spacial score (nSPS) is 12.8. The van der Waals surface area contributed by atoms with Gasteiger partial charge in [-0.05, 0) is 14.0 Å². The molecular formula is C8H16N4O2. The second-order valence-electron chi connectivity index (χ2n) is 2.88. The summed E-state index contributed by atoms with van der Waals surface area (Å²) in [7, 11) is 3.48. The number of nitrogens with one attached hydrogen (secondary N) is 2.